The van der Waals surface area contributed by atoms with Gasteiger partial charge in [0.05, 0.1) is 35.7 Å². The van der Waals surface area contributed by atoms with Gasteiger partial charge in [0.15, 0.2) is 0 Å². The van der Waals surface area contributed by atoms with Crippen LogP contribution in [0.2, 0.25) is 5.02 Å². The van der Waals surface area contributed by atoms with Crippen LogP contribution in [0.3, 0.4) is 0 Å². The van der Waals surface area contributed by atoms with Gasteiger partial charge < -0.3 is 9.84 Å². The van der Waals surface area contributed by atoms with E-state index in [1.54, 1.807) is 30.5 Å². The number of halogens is 5. The number of aromatic nitrogens is 1. The van der Waals surface area contributed by atoms with Gasteiger partial charge in [-0.15, -0.1) is 0 Å². The van der Waals surface area contributed by atoms with E-state index in [0.717, 1.165) is 12.1 Å². The van der Waals surface area contributed by atoms with Crippen molar-refractivity contribution in [2.45, 2.75) is 31.6 Å². The molecule has 3 atom stereocenters. The van der Waals surface area contributed by atoms with Gasteiger partial charge in [-0.25, -0.2) is 4.39 Å². The topological polar surface area (TPSA) is 62.7 Å². The second-order valence-electron chi connectivity index (χ2n) is 9.55. The Morgan fingerprint density at radius 1 is 1.26 bits per heavy atom. The molecule has 2 aromatic carbocycles. The molecule has 1 aliphatic heterocycles. The second-order valence-corrected chi connectivity index (χ2v) is 9.96. The number of fused-ring (bicyclic) bond motifs is 1. The summed E-state index contributed by atoms with van der Waals surface area (Å²) >= 11 is 5.65. The Labute approximate surface area is 228 Å². The number of pyridine rings is 1. The molecule has 0 unspecified atom stereocenters. The van der Waals surface area contributed by atoms with Crippen molar-refractivity contribution >= 4 is 28.5 Å². The number of methoxy groups -OCH3 is 1. The van der Waals surface area contributed by atoms with Gasteiger partial charge in [-0.2, -0.15) is 13.2 Å². The van der Waals surface area contributed by atoms with Gasteiger partial charge in [0.2, 0.25) is 0 Å². The van der Waals surface area contributed by atoms with Crippen LogP contribution in [0, 0.1) is 23.7 Å². The number of benzene rings is 2. The molecule has 1 N–H and O–H groups in total. The summed E-state index contributed by atoms with van der Waals surface area (Å²) in [5, 5.41) is 10.1. The molecule has 0 saturated carbocycles. The highest BCUT2D eigenvalue weighted by molar-refractivity contribution is 6.31. The Hall–Kier alpha value is -3.35. The molecule has 206 valence electrons. The van der Waals surface area contributed by atoms with Crippen LogP contribution in [0.4, 0.5) is 17.6 Å². The molecular weight excluding hydrogens is 536 g/mol. The molecule has 5 nitrogen and oxygen atoms in total. The number of ether oxygens (including phenoxy) is 1. The molecule has 1 aliphatic rings. The molecule has 10 heteroatoms. The van der Waals surface area contributed by atoms with Crippen LogP contribution in [0.15, 0.2) is 48.7 Å². The summed E-state index contributed by atoms with van der Waals surface area (Å²) in [4.78, 5) is 18.2. The minimum Gasteiger partial charge on any atom is -0.497 e. The molecule has 1 aromatic heterocycles. The third kappa shape index (κ3) is 7.00. The SMILES string of the molecule is COc1ccc2nccc([C@H](F)CC[C@@H]3CCN(CC#Cc4ccc(Cl)c(C(F)(F)F)c4)C[C@@H]3C(=O)O)c2c1. The fraction of sp³-hybridized carbons (Fsp3) is 0.379. The Morgan fingerprint density at radius 3 is 2.77 bits per heavy atom. The van der Waals surface area contributed by atoms with Gasteiger partial charge in [-0.3, -0.25) is 14.7 Å². The van der Waals surface area contributed by atoms with Gasteiger partial charge in [-0.05, 0) is 79.8 Å². The zero-order valence-corrected chi connectivity index (χ0v) is 21.9. The first-order valence-corrected chi connectivity index (χ1v) is 12.8. The summed E-state index contributed by atoms with van der Waals surface area (Å²) < 4.78 is 59.9. The van der Waals surface area contributed by atoms with Crippen molar-refractivity contribution in [3.63, 3.8) is 0 Å². The Bertz CT molecular complexity index is 1400. The van der Waals surface area contributed by atoms with E-state index in [1.807, 2.05) is 4.90 Å². The van der Waals surface area contributed by atoms with Gasteiger partial charge in [0, 0.05) is 23.7 Å². The van der Waals surface area contributed by atoms with Crippen molar-refractivity contribution in [2.24, 2.45) is 11.8 Å². The van der Waals surface area contributed by atoms with Crippen molar-refractivity contribution in [3.8, 4) is 17.6 Å². The first-order chi connectivity index (χ1) is 18.6. The van der Waals surface area contributed by atoms with E-state index in [0.29, 0.717) is 41.6 Å². The molecule has 4 rings (SSSR count). The molecule has 0 amide bonds. The maximum Gasteiger partial charge on any atom is 0.417 e. The molecule has 0 bridgehead atoms. The minimum absolute atomic E-state index is 0.169. The Balaban J connectivity index is 1.38. The summed E-state index contributed by atoms with van der Waals surface area (Å²) in [6.45, 7) is 0.996. The molecule has 39 heavy (non-hydrogen) atoms. The molecule has 1 saturated heterocycles. The second kappa shape index (κ2) is 12.2. The van der Waals surface area contributed by atoms with E-state index in [2.05, 4.69) is 16.8 Å². The highest BCUT2D eigenvalue weighted by atomic mass is 35.5. The fourth-order valence-corrected chi connectivity index (χ4v) is 5.20. The molecular formula is C29H27ClF4N2O3. The number of likely N-dealkylation sites (tertiary alicyclic amines) is 1. The van der Waals surface area contributed by atoms with E-state index in [-0.39, 0.29) is 31.0 Å². The van der Waals surface area contributed by atoms with Gasteiger partial charge in [0.25, 0.3) is 0 Å². The number of hydrogen-bond donors (Lipinski definition) is 1. The van der Waals surface area contributed by atoms with Crippen LogP contribution < -0.4 is 4.74 Å². The molecule has 0 spiro atoms. The summed E-state index contributed by atoms with van der Waals surface area (Å²) in [7, 11) is 1.54. The lowest BCUT2D eigenvalue weighted by Crippen LogP contribution is -2.44. The van der Waals surface area contributed by atoms with Crippen LogP contribution in [-0.2, 0) is 11.0 Å². The number of carbonyl (C=O) groups is 1. The number of carboxylic acid groups (broad SMARTS) is 1. The number of rotatable bonds is 7. The summed E-state index contributed by atoms with van der Waals surface area (Å²) in [5.74, 6) is 4.28. The van der Waals surface area contributed by atoms with E-state index in [4.69, 9.17) is 16.3 Å². The summed E-state index contributed by atoms with van der Waals surface area (Å²) in [6.07, 6.45) is -3.19. The average molecular weight is 563 g/mol. The minimum atomic E-state index is -4.58. The van der Waals surface area contributed by atoms with Crippen molar-refractivity contribution < 1.29 is 32.2 Å². The Morgan fingerprint density at radius 2 is 2.05 bits per heavy atom. The van der Waals surface area contributed by atoms with Crippen LogP contribution >= 0.6 is 11.6 Å². The maximum absolute atomic E-state index is 15.4. The predicted molar refractivity (Wildman–Crippen MR) is 140 cm³/mol. The molecule has 0 radical (unpaired) electrons. The highest BCUT2D eigenvalue weighted by Gasteiger charge is 2.35. The van der Waals surface area contributed by atoms with E-state index in [1.165, 1.54) is 13.2 Å². The van der Waals surface area contributed by atoms with Crippen LogP contribution in [0.25, 0.3) is 10.9 Å². The average Bonchev–Trinajstić information content (AvgIpc) is 2.91. The number of nitrogens with zero attached hydrogens (tertiary/aromatic N) is 2. The van der Waals surface area contributed by atoms with Gasteiger partial charge in [0.1, 0.15) is 11.9 Å². The summed E-state index contributed by atoms with van der Waals surface area (Å²) in [5.41, 5.74) is 0.371. The van der Waals surface area contributed by atoms with E-state index < -0.39 is 34.8 Å². The zero-order valence-electron chi connectivity index (χ0n) is 21.1. The lowest BCUT2D eigenvalue weighted by Gasteiger charge is -2.35. The number of alkyl halides is 4. The maximum atomic E-state index is 15.4. The monoisotopic (exact) mass is 562 g/mol. The number of piperidine rings is 1. The van der Waals surface area contributed by atoms with Crippen molar-refractivity contribution in [1.82, 2.24) is 9.88 Å². The van der Waals surface area contributed by atoms with Crippen molar-refractivity contribution in [3.05, 3.63) is 70.4 Å². The largest absolute Gasteiger partial charge is 0.497 e. The zero-order chi connectivity index (χ0) is 28.2. The standard InChI is InChI=1S/C29H27ClF4N2O3/c1-39-20-6-9-27-22(16-20)21(10-12-35-27)26(31)8-5-19-11-14-36(17-23(19)28(37)38)13-2-3-18-4-7-25(30)24(15-18)29(32,33)34/h4,6-7,9-10,12,15-16,19,23,26H,5,8,11,13-14,17H2,1H3,(H,37,38)/t19-,23+,26-/m1/s1. The highest BCUT2D eigenvalue weighted by Crippen LogP contribution is 2.36. The first-order valence-electron chi connectivity index (χ1n) is 12.4. The number of carboxylic acids is 1. The predicted octanol–water partition coefficient (Wildman–Crippen LogP) is 6.78. The normalized spacial score (nSPS) is 18.8. The fourth-order valence-electron chi connectivity index (χ4n) is 4.97. The third-order valence-corrected chi connectivity index (χ3v) is 7.40. The lowest BCUT2D eigenvalue weighted by atomic mass is 9.81. The van der Waals surface area contributed by atoms with Crippen LogP contribution in [0.5, 0.6) is 5.75 Å². The van der Waals surface area contributed by atoms with Crippen LogP contribution in [-0.4, -0.2) is 47.7 Å². The molecule has 2 heterocycles. The van der Waals surface area contributed by atoms with E-state index in [9.17, 15) is 23.1 Å². The van der Waals surface area contributed by atoms with E-state index >= 15 is 4.39 Å². The first kappa shape index (κ1) is 28.7. The summed E-state index contributed by atoms with van der Waals surface area (Å²) in [6, 6.07) is 10.4. The Kier molecular flexibility index (Phi) is 8.98. The van der Waals surface area contributed by atoms with Gasteiger partial charge in [-0.1, -0.05) is 23.4 Å². The third-order valence-electron chi connectivity index (χ3n) is 7.08. The number of hydrogen-bond acceptors (Lipinski definition) is 4. The molecule has 3 aromatic rings. The van der Waals surface area contributed by atoms with Crippen molar-refractivity contribution in [1.29, 1.82) is 0 Å². The van der Waals surface area contributed by atoms with Crippen molar-refractivity contribution in [2.75, 3.05) is 26.7 Å². The lowest BCUT2D eigenvalue weighted by molar-refractivity contribution is -0.146. The molecule has 1 fully saturated rings. The number of aliphatic carboxylic acids is 1. The smallest absolute Gasteiger partial charge is 0.417 e. The molecule has 0 aliphatic carbocycles. The van der Waals surface area contributed by atoms with Crippen LogP contribution in [0.1, 0.15) is 42.1 Å². The quantitative estimate of drug-likeness (QED) is 0.254. The van der Waals surface area contributed by atoms with Gasteiger partial charge >= 0.3 is 12.1 Å².